The highest BCUT2D eigenvalue weighted by atomic mass is 79.9. The van der Waals surface area contributed by atoms with E-state index in [1.165, 1.54) is 0 Å². The fourth-order valence-electron chi connectivity index (χ4n) is 2.29. The number of rotatable bonds is 2. The second-order valence-electron chi connectivity index (χ2n) is 4.94. The molecule has 2 nitrogen and oxygen atoms in total. The number of para-hydroxylation sites is 1. The normalized spacial score (nSPS) is 18.9. The molecule has 0 bridgehead atoms. The van der Waals surface area contributed by atoms with Crippen molar-refractivity contribution in [2.75, 3.05) is 0 Å². The van der Waals surface area contributed by atoms with E-state index < -0.39 is 0 Å². The van der Waals surface area contributed by atoms with Crippen molar-refractivity contribution in [1.29, 1.82) is 0 Å². The molecule has 0 saturated heterocycles. The van der Waals surface area contributed by atoms with Crippen LogP contribution < -0.4 is 5.73 Å². The highest BCUT2D eigenvalue weighted by Gasteiger charge is 2.55. The maximum Gasteiger partial charge on any atom is 0.133 e. The minimum Gasteiger partial charge on any atom is -0.506 e. The van der Waals surface area contributed by atoms with E-state index in [-0.39, 0.29) is 11.0 Å². The average Bonchev–Trinajstić information content (AvgIpc) is 2.89. The molecular formula is C12H16BrNO. The lowest BCUT2D eigenvalue weighted by atomic mass is 9.79. The van der Waals surface area contributed by atoms with Gasteiger partial charge in [-0.1, -0.05) is 12.1 Å². The first-order valence-corrected chi connectivity index (χ1v) is 5.95. The van der Waals surface area contributed by atoms with Crippen molar-refractivity contribution >= 4 is 15.9 Å². The largest absolute Gasteiger partial charge is 0.506 e. The van der Waals surface area contributed by atoms with Gasteiger partial charge < -0.3 is 10.8 Å². The summed E-state index contributed by atoms with van der Waals surface area (Å²) in [5, 5.41) is 10.0. The molecule has 82 valence electrons. The summed E-state index contributed by atoms with van der Waals surface area (Å²) in [4.78, 5) is 0. The number of benzene rings is 1. The first-order chi connectivity index (χ1) is 6.88. The lowest BCUT2D eigenvalue weighted by molar-refractivity contribution is 0.371. The second-order valence-corrected chi connectivity index (χ2v) is 5.79. The highest BCUT2D eigenvalue weighted by Crippen LogP contribution is 2.57. The number of nitrogens with two attached hydrogens (primary N) is 1. The summed E-state index contributed by atoms with van der Waals surface area (Å²) in [7, 11) is 0. The summed E-state index contributed by atoms with van der Waals surface area (Å²) in [5.74, 6) is 0.341. The predicted octanol–water partition coefficient (Wildman–Crippen LogP) is 2.92. The number of aromatic hydroxyl groups is 1. The first kappa shape index (κ1) is 11.0. The van der Waals surface area contributed by atoms with Crippen LogP contribution in [-0.4, -0.2) is 10.6 Å². The maximum absolute atomic E-state index is 10.0. The molecule has 0 aliphatic heterocycles. The van der Waals surface area contributed by atoms with Gasteiger partial charge in [-0.2, -0.15) is 0 Å². The molecule has 1 aromatic rings. The summed E-state index contributed by atoms with van der Waals surface area (Å²) >= 11 is 3.34. The highest BCUT2D eigenvalue weighted by molar-refractivity contribution is 9.10. The van der Waals surface area contributed by atoms with Gasteiger partial charge in [-0.25, -0.2) is 0 Å². The number of hydrogen-bond donors (Lipinski definition) is 2. The van der Waals surface area contributed by atoms with E-state index in [2.05, 4.69) is 15.9 Å². The fraction of sp³-hybridized carbons (Fsp3) is 0.500. The molecule has 0 radical (unpaired) electrons. The summed E-state index contributed by atoms with van der Waals surface area (Å²) in [6.45, 7) is 4.06. The van der Waals surface area contributed by atoms with E-state index in [9.17, 15) is 5.11 Å². The van der Waals surface area contributed by atoms with Gasteiger partial charge in [0.15, 0.2) is 0 Å². The molecule has 3 heteroatoms. The molecule has 0 aromatic heterocycles. The molecule has 3 N–H and O–H groups in total. The Balaban J connectivity index is 2.51. The molecule has 2 rings (SSSR count). The summed E-state index contributed by atoms with van der Waals surface area (Å²) in [6.07, 6.45) is 2.11. The van der Waals surface area contributed by atoms with Crippen molar-refractivity contribution in [3.63, 3.8) is 0 Å². The van der Waals surface area contributed by atoms with Crippen molar-refractivity contribution in [2.45, 2.75) is 37.6 Å². The van der Waals surface area contributed by atoms with Crippen LogP contribution in [0.25, 0.3) is 0 Å². The second kappa shape index (κ2) is 3.22. The van der Waals surface area contributed by atoms with Crippen molar-refractivity contribution in [3.8, 4) is 5.75 Å². The molecule has 1 fully saturated rings. The van der Waals surface area contributed by atoms with Gasteiger partial charge in [0.1, 0.15) is 5.75 Å². The average molecular weight is 270 g/mol. The van der Waals surface area contributed by atoms with Gasteiger partial charge in [-0.05, 0) is 48.7 Å². The minimum atomic E-state index is -0.286. The molecule has 1 aromatic carbocycles. The molecule has 0 unspecified atom stereocenters. The van der Waals surface area contributed by atoms with Gasteiger partial charge in [0, 0.05) is 16.5 Å². The van der Waals surface area contributed by atoms with Crippen LogP contribution in [0.3, 0.4) is 0 Å². The zero-order chi connectivity index (χ0) is 11.3. The Hall–Kier alpha value is -0.540. The topological polar surface area (TPSA) is 46.2 Å². The summed E-state index contributed by atoms with van der Waals surface area (Å²) in [6, 6.07) is 5.77. The number of halogens is 1. The molecule has 0 heterocycles. The smallest absolute Gasteiger partial charge is 0.133 e. The Morgan fingerprint density at radius 2 is 2.00 bits per heavy atom. The van der Waals surface area contributed by atoms with Crippen molar-refractivity contribution in [2.24, 2.45) is 5.73 Å². The van der Waals surface area contributed by atoms with E-state index >= 15 is 0 Å². The van der Waals surface area contributed by atoms with Gasteiger partial charge in [0.05, 0.1) is 4.47 Å². The van der Waals surface area contributed by atoms with Crippen molar-refractivity contribution in [1.82, 2.24) is 0 Å². The van der Waals surface area contributed by atoms with E-state index in [1.54, 1.807) is 0 Å². The van der Waals surface area contributed by atoms with Gasteiger partial charge >= 0.3 is 0 Å². The van der Waals surface area contributed by atoms with Gasteiger partial charge in [0.2, 0.25) is 0 Å². The minimum absolute atomic E-state index is 0.0408. The number of phenolic OH excluding ortho intramolecular Hbond substituents is 1. The molecule has 1 aliphatic rings. The lowest BCUT2D eigenvalue weighted by Gasteiger charge is -2.31. The number of hydrogen-bond acceptors (Lipinski definition) is 2. The van der Waals surface area contributed by atoms with Gasteiger partial charge in [0.25, 0.3) is 0 Å². The Morgan fingerprint density at radius 1 is 1.40 bits per heavy atom. The zero-order valence-corrected chi connectivity index (χ0v) is 10.6. The Morgan fingerprint density at radius 3 is 2.47 bits per heavy atom. The summed E-state index contributed by atoms with van der Waals surface area (Å²) in [5.41, 5.74) is 6.85. The van der Waals surface area contributed by atoms with E-state index in [4.69, 9.17) is 5.73 Å². The molecule has 0 spiro atoms. The first-order valence-electron chi connectivity index (χ1n) is 5.15. The Bertz CT molecular complexity index is 391. The van der Waals surface area contributed by atoms with Gasteiger partial charge in [-0.15, -0.1) is 0 Å². The van der Waals surface area contributed by atoms with Gasteiger partial charge in [-0.3, -0.25) is 0 Å². The third kappa shape index (κ3) is 1.58. The van der Waals surface area contributed by atoms with Crippen LogP contribution >= 0.6 is 15.9 Å². The van der Waals surface area contributed by atoms with E-state index in [1.807, 2.05) is 32.0 Å². The number of phenols is 1. The Kier molecular flexibility index (Phi) is 2.36. The Labute approximate surface area is 98.6 Å². The van der Waals surface area contributed by atoms with Crippen LogP contribution in [0.5, 0.6) is 5.75 Å². The molecule has 1 saturated carbocycles. The van der Waals surface area contributed by atoms with Crippen molar-refractivity contribution in [3.05, 3.63) is 28.2 Å². The van der Waals surface area contributed by atoms with Crippen LogP contribution in [-0.2, 0) is 5.41 Å². The fourth-order valence-corrected chi connectivity index (χ4v) is 2.65. The monoisotopic (exact) mass is 269 g/mol. The van der Waals surface area contributed by atoms with Crippen LogP contribution in [0.1, 0.15) is 32.3 Å². The SMILES string of the molecule is CC(C)(N)C1(c2cccc(Br)c2O)CC1. The molecule has 0 atom stereocenters. The van der Waals surface area contributed by atoms with E-state index in [0.29, 0.717) is 5.75 Å². The molecule has 1 aliphatic carbocycles. The predicted molar refractivity (Wildman–Crippen MR) is 65.0 cm³/mol. The van der Waals surface area contributed by atoms with Crippen LogP contribution in [0.2, 0.25) is 0 Å². The van der Waals surface area contributed by atoms with Crippen LogP contribution in [0, 0.1) is 0 Å². The van der Waals surface area contributed by atoms with E-state index in [0.717, 1.165) is 22.9 Å². The molecular weight excluding hydrogens is 254 g/mol. The lowest BCUT2D eigenvalue weighted by Crippen LogP contribution is -2.45. The zero-order valence-electron chi connectivity index (χ0n) is 9.05. The maximum atomic E-state index is 10.0. The third-order valence-electron chi connectivity index (χ3n) is 3.49. The standard InChI is InChI=1S/C12H16BrNO/c1-11(2,14)12(6-7-12)8-4-3-5-9(13)10(8)15/h3-5,15H,6-7,14H2,1-2H3. The summed E-state index contributed by atoms with van der Waals surface area (Å²) < 4.78 is 0.746. The quantitative estimate of drug-likeness (QED) is 0.868. The van der Waals surface area contributed by atoms with Crippen molar-refractivity contribution < 1.29 is 5.11 Å². The molecule has 15 heavy (non-hydrogen) atoms. The third-order valence-corrected chi connectivity index (χ3v) is 4.13. The van der Waals surface area contributed by atoms with Crippen LogP contribution in [0.4, 0.5) is 0 Å². The molecule has 0 amide bonds. The van der Waals surface area contributed by atoms with Crippen LogP contribution in [0.15, 0.2) is 22.7 Å².